The number of anilines is 1. The van der Waals surface area contributed by atoms with Crippen LogP contribution in [-0.2, 0) is 13.1 Å². The molecule has 0 unspecified atom stereocenters. The lowest BCUT2D eigenvalue weighted by Crippen LogP contribution is -2.25. The minimum absolute atomic E-state index is 0.601. The highest BCUT2D eigenvalue weighted by Crippen LogP contribution is 2.22. The van der Waals surface area contributed by atoms with E-state index in [-0.39, 0.29) is 0 Å². The van der Waals surface area contributed by atoms with Crippen molar-refractivity contribution in [2.75, 3.05) is 4.90 Å². The van der Waals surface area contributed by atoms with E-state index in [1.54, 1.807) is 10.8 Å². The monoisotopic (exact) mass is 333 g/mol. The van der Waals surface area contributed by atoms with Crippen molar-refractivity contribution < 1.29 is 4.42 Å². The summed E-state index contributed by atoms with van der Waals surface area (Å²) in [7, 11) is 0. The van der Waals surface area contributed by atoms with E-state index in [1.165, 1.54) is 17.5 Å². The highest BCUT2D eigenvalue weighted by molar-refractivity contribution is 5.48. The average molecular weight is 333 g/mol. The van der Waals surface area contributed by atoms with Gasteiger partial charge in [-0.2, -0.15) is 14.6 Å². The maximum absolute atomic E-state index is 5.57. The van der Waals surface area contributed by atoms with Gasteiger partial charge in [0.05, 0.1) is 12.8 Å². The summed E-state index contributed by atoms with van der Waals surface area (Å²) < 4.78 is 7.34. The van der Waals surface area contributed by atoms with E-state index in [0.717, 1.165) is 23.8 Å². The summed E-state index contributed by atoms with van der Waals surface area (Å²) in [5, 5.41) is 4.34. The largest absolute Gasteiger partial charge is 0.467 e. The lowest BCUT2D eigenvalue weighted by molar-refractivity contribution is 0.499. The smallest absolute Gasteiger partial charge is 0.254 e. The van der Waals surface area contributed by atoms with Gasteiger partial charge < -0.3 is 9.32 Å². The van der Waals surface area contributed by atoms with E-state index in [0.29, 0.717) is 12.3 Å². The first-order valence-corrected chi connectivity index (χ1v) is 8.19. The minimum Gasteiger partial charge on any atom is -0.467 e. The molecule has 0 atom stereocenters. The van der Waals surface area contributed by atoms with Crippen LogP contribution in [0.3, 0.4) is 0 Å². The first-order chi connectivity index (χ1) is 12.2. The molecule has 3 aromatic heterocycles. The molecule has 4 aromatic rings. The Morgan fingerprint density at radius 3 is 2.80 bits per heavy atom. The first-order valence-electron chi connectivity index (χ1n) is 8.19. The molecule has 0 aliphatic carbocycles. The second-order valence-corrected chi connectivity index (χ2v) is 6.15. The lowest BCUT2D eigenvalue weighted by atomic mass is 10.1. The zero-order valence-electron chi connectivity index (χ0n) is 14.3. The van der Waals surface area contributed by atoms with Gasteiger partial charge in [0.15, 0.2) is 0 Å². The van der Waals surface area contributed by atoms with Gasteiger partial charge >= 0.3 is 0 Å². The Bertz CT molecular complexity index is 990. The van der Waals surface area contributed by atoms with Gasteiger partial charge in [0.1, 0.15) is 17.9 Å². The van der Waals surface area contributed by atoms with Crippen LogP contribution < -0.4 is 4.90 Å². The molecule has 0 saturated heterocycles. The number of furan rings is 1. The lowest BCUT2D eigenvalue weighted by Gasteiger charge is -2.24. The van der Waals surface area contributed by atoms with Crippen molar-refractivity contribution in [1.82, 2.24) is 19.6 Å². The molecule has 0 amide bonds. The number of fused-ring (bicyclic) bond motifs is 1. The van der Waals surface area contributed by atoms with Crippen LogP contribution in [0, 0.1) is 13.8 Å². The molecule has 126 valence electrons. The van der Waals surface area contributed by atoms with Crippen molar-refractivity contribution in [2.45, 2.75) is 26.9 Å². The molecule has 0 saturated carbocycles. The first kappa shape index (κ1) is 15.4. The van der Waals surface area contributed by atoms with E-state index >= 15 is 0 Å². The molecule has 0 aliphatic rings. The molecule has 0 spiro atoms. The van der Waals surface area contributed by atoms with Crippen molar-refractivity contribution in [2.24, 2.45) is 0 Å². The SMILES string of the molecule is Cc1cccc(CN(Cc2ccco2)c2cc(C)nc3ncnn23)c1. The maximum Gasteiger partial charge on any atom is 0.254 e. The quantitative estimate of drug-likeness (QED) is 0.559. The molecule has 25 heavy (non-hydrogen) atoms. The molecule has 1 aromatic carbocycles. The molecular formula is C19H19N5O. The van der Waals surface area contributed by atoms with Crippen molar-refractivity contribution in [3.8, 4) is 0 Å². The molecule has 0 fully saturated rings. The fraction of sp³-hybridized carbons (Fsp3) is 0.211. The Balaban J connectivity index is 1.77. The van der Waals surface area contributed by atoms with Crippen LogP contribution in [0.15, 0.2) is 59.5 Å². The minimum atomic E-state index is 0.601. The Morgan fingerprint density at radius 1 is 1.08 bits per heavy atom. The predicted octanol–water partition coefficient (Wildman–Crippen LogP) is 3.54. The van der Waals surface area contributed by atoms with Gasteiger partial charge in [-0.1, -0.05) is 29.8 Å². The van der Waals surface area contributed by atoms with Crippen molar-refractivity contribution in [3.63, 3.8) is 0 Å². The molecule has 0 bridgehead atoms. The molecule has 4 rings (SSSR count). The van der Waals surface area contributed by atoms with Crippen molar-refractivity contribution in [1.29, 1.82) is 0 Å². The third-order valence-corrected chi connectivity index (χ3v) is 4.07. The van der Waals surface area contributed by atoms with Crippen LogP contribution >= 0.6 is 0 Å². The van der Waals surface area contributed by atoms with Gasteiger partial charge in [-0.05, 0) is 31.5 Å². The third kappa shape index (κ3) is 3.24. The summed E-state index contributed by atoms with van der Waals surface area (Å²) >= 11 is 0. The molecule has 3 heterocycles. The van der Waals surface area contributed by atoms with Gasteiger partial charge in [-0.25, -0.2) is 4.98 Å². The second kappa shape index (κ2) is 6.39. The number of hydrogen-bond donors (Lipinski definition) is 0. The molecule has 0 aliphatic heterocycles. The summed E-state index contributed by atoms with van der Waals surface area (Å²) in [5.74, 6) is 2.44. The van der Waals surface area contributed by atoms with Gasteiger partial charge in [0.2, 0.25) is 0 Å². The zero-order valence-corrected chi connectivity index (χ0v) is 14.3. The summed E-state index contributed by atoms with van der Waals surface area (Å²) in [4.78, 5) is 10.9. The Labute approximate surface area is 145 Å². The molecule has 0 radical (unpaired) electrons. The molecule has 6 heteroatoms. The zero-order chi connectivity index (χ0) is 17.2. The highest BCUT2D eigenvalue weighted by Gasteiger charge is 2.16. The van der Waals surface area contributed by atoms with E-state index in [1.807, 2.05) is 25.1 Å². The predicted molar refractivity (Wildman–Crippen MR) is 95.3 cm³/mol. The number of aromatic nitrogens is 4. The number of rotatable bonds is 5. The van der Waals surface area contributed by atoms with E-state index in [2.05, 4.69) is 51.2 Å². The van der Waals surface area contributed by atoms with Gasteiger partial charge in [-0.3, -0.25) is 0 Å². The Morgan fingerprint density at radius 2 is 2.00 bits per heavy atom. The molecule has 6 nitrogen and oxygen atoms in total. The standard InChI is InChI=1S/C19H19N5O/c1-14-5-3-6-16(9-14)11-23(12-17-7-4-8-25-17)18-10-15(2)22-19-20-13-21-24(18)19/h3-10,13H,11-12H2,1-2H3. The fourth-order valence-electron chi connectivity index (χ4n) is 2.98. The van der Waals surface area contributed by atoms with Gasteiger partial charge in [0, 0.05) is 18.3 Å². The topological polar surface area (TPSA) is 59.5 Å². The number of benzene rings is 1. The second-order valence-electron chi connectivity index (χ2n) is 6.15. The number of nitrogens with zero attached hydrogens (tertiary/aromatic N) is 5. The van der Waals surface area contributed by atoms with E-state index in [4.69, 9.17) is 4.42 Å². The summed E-state index contributed by atoms with van der Waals surface area (Å²) in [6.07, 6.45) is 3.23. The fourth-order valence-corrected chi connectivity index (χ4v) is 2.98. The van der Waals surface area contributed by atoms with Crippen molar-refractivity contribution in [3.05, 3.63) is 77.6 Å². The molecule has 0 N–H and O–H groups in total. The summed E-state index contributed by atoms with van der Waals surface area (Å²) in [6.45, 7) is 5.45. The van der Waals surface area contributed by atoms with E-state index in [9.17, 15) is 0 Å². The number of aryl methyl sites for hydroxylation is 2. The Hall–Kier alpha value is -3.15. The summed E-state index contributed by atoms with van der Waals surface area (Å²) in [6, 6.07) is 14.4. The Kier molecular flexibility index (Phi) is 3.93. The number of hydrogen-bond acceptors (Lipinski definition) is 5. The van der Waals surface area contributed by atoms with Gasteiger partial charge in [0.25, 0.3) is 5.78 Å². The van der Waals surface area contributed by atoms with Crippen LogP contribution in [0.25, 0.3) is 5.78 Å². The van der Waals surface area contributed by atoms with E-state index < -0.39 is 0 Å². The maximum atomic E-state index is 5.57. The van der Waals surface area contributed by atoms with Crippen LogP contribution in [-0.4, -0.2) is 19.6 Å². The van der Waals surface area contributed by atoms with Crippen LogP contribution in [0.4, 0.5) is 5.82 Å². The van der Waals surface area contributed by atoms with Crippen LogP contribution in [0.2, 0.25) is 0 Å². The highest BCUT2D eigenvalue weighted by atomic mass is 16.3. The van der Waals surface area contributed by atoms with Crippen molar-refractivity contribution >= 4 is 11.6 Å². The molecular weight excluding hydrogens is 314 g/mol. The van der Waals surface area contributed by atoms with Crippen LogP contribution in [0.5, 0.6) is 0 Å². The van der Waals surface area contributed by atoms with Gasteiger partial charge in [-0.15, -0.1) is 0 Å². The third-order valence-electron chi connectivity index (χ3n) is 4.07. The summed E-state index contributed by atoms with van der Waals surface area (Å²) in [5.41, 5.74) is 3.38. The van der Waals surface area contributed by atoms with Crippen LogP contribution in [0.1, 0.15) is 22.6 Å². The average Bonchev–Trinajstić information content (AvgIpc) is 3.25. The normalized spacial score (nSPS) is 11.1.